The van der Waals surface area contributed by atoms with E-state index in [0.717, 1.165) is 0 Å². The number of carbonyl (C=O) groups excluding carboxylic acids is 2. The minimum atomic E-state index is -0.344. The van der Waals surface area contributed by atoms with Gasteiger partial charge < -0.3 is 9.47 Å². The van der Waals surface area contributed by atoms with Gasteiger partial charge in [-0.1, -0.05) is 13.8 Å². The Bertz CT molecular complexity index is 201. The van der Waals surface area contributed by atoms with Gasteiger partial charge in [-0.15, -0.1) is 0 Å². The maximum absolute atomic E-state index is 11.0. The summed E-state index contributed by atoms with van der Waals surface area (Å²) >= 11 is 1.98. The predicted octanol–water partition coefficient (Wildman–Crippen LogP) is 1.90. The van der Waals surface area contributed by atoms with E-state index >= 15 is 0 Å². The molecule has 0 amide bonds. The molecule has 0 bridgehead atoms. The molecular weight excluding hydrogens is 299 g/mol. The molecule has 0 fully saturated rings. The molecular formula is C9H15IO4. The van der Waals surface area contributed by atoms with Crippen molar-refractivity contribution in [2.24, 2.45) is 5.92 Å². The summed E-state index contributed by atoms with van der Waals surface area (Å²) in [6.45, 7) is 5.35. The second-order valence-electron chi connectivity index (χ2n) is 3.11. The second-order valence-corrected chi connectivity index (χ2v) is 4.86. The molecule has 82 valence electrons. The van der Waals surface area contributed by atoms with E-state index in [2.05, 4.69) is 0 Å². The first kappa shape index (κ1) is 13.7. The van der Waals surface area contributed by atoms with Gasteiger partial charge in [0.15, 0.2) is 0 Å². The molecule has 0 spiro atoms. The minimum Gasteiger partial charge on any atom is -0.465 e. The Morgan fingerprint density at radius 3 is 2.29 bits per heavy atom. The molecule has 1 unspecified atom stereocenters. The van der Waals surface area contributed by atoms with Crippen molar-refractivity contribution in [3.05, 3.63) is 0 Å². The highest BCUT2D eigenvalue weighted by molar-refractivity contribution is 14.1. The first-order chi connectivity index (χ1) is 6.43. The van der Waals surface area contributed by atoms with E-state index in [9.17, 15) is 9.59 Å². The lowest BCUT2D eigenvalue weighted by Crippen LogP contribution is -2.16. The normalized spacial score (nSPS) is 12.4. The zero-order valence-electron chi connectivity index (χ0n) is 8.58. The van der Waals surface area contributed by atoms with Crippen molar-refractivity contribution in [3.8, 4) is 0 Å². The van der Waals surface area contributed by atoms with Crippen LogP contribution >= 0.6 is 22.6 Å². The zero-order chi connectivity index (χ0) is 11.1. The Morgan fingerprint density at radius 1 is 1.29 bits per heavy atom. The quantitative estimate of drug-likeness (QED) is 0.442. The number of hydrogen-bond acceptors (Lipinski definition) is 4. The van der Waals surface area contributed by atoms with Gasteiger partial charge in [0.25, 0.3) is 0 Å². The largest absolute Gasteiger partial charge is 0.465 e. The summed E-state index contributed by atoms with van der Waals surface area (Å²) < 4.78 is 9.51. The summed E-state index contributed by atoms with van der Waals surface area (Å²) in [5.41, 5.74) is 0. The van der Waals surface area contributed by atoms with Crippen molar-refractivity contribution < 1.29 is 19.1 Å². The van der Waals surface area contributed by atoms with E-state index in [-0.39, 0.29) is 35.0 Å². The van der Waals surface area contributed by atoms with Crippen LogP contribution in [0.15, 0.2) is 0 Å². The molecule has 0 radical (unpaired) electrons. The Hall–Kier alpha value is -0.330. The van der Waals surface area contributed by atoms with E-state index in [1.807, 2.05) is 22.6 Å². The first-order valence-corrected chi connectivity index (χ1v) is 5.68. The number of rotatable bonds is 5. The highest BCUT2D eigenvalue weighted by atomic mass is 127. The summed E-state index contributed by atoms with van der Waals surface area (Å²) in [6.07, 6.45) is 0.117. The average molecular weight is 314 g/mol. The van der Waals surface area contributed by atoms with Crippen LogP contribution in [-0.2, 0) is 19.1 Å². The fourth-order valence-corrected chi connectivity index (χ4v) is 0.925. The van der Waals surface area contributed by atoms with Gasteiger partial charge in [0, 0.05) is 0 Å². The van der Waals surface area contributed by atoms with Gasteiger partial charge in [-0.2, -0.15) is 0 Å². The average Bonchev–Trinajstić information content (AvgIpc) is 2.02. The number of alkyl halides is 1. The molecule has 0 aliphatic rings. The molecule has 0 aromatic heterocycles. The van der Waals surface area contributed by atoms with Crippen molar-refractivity contribution in [2.45, 2.75) is 31.3 Å². The van der Waals surface area contributed by atoms with E-state index < -0.39 is 0 Å². The molecule has 4 nitrogen and oxygen atoms in total. The monoisotopic (exact) mass is 314 g/mol. The van der Waals surface area contributed by atoms with Gasteiger partial charge in [0.05, 0.1) is 12.3 Å². The standard InChI is InChI=1S/C9H15IO4/c1-6(2)9(12)13-5-4-8(11)14-7(3)10/h6-7H,4-5H2,1-3H3. The summed E-state index contributed by atoms with van der Waals surface area (Å²) in [5, 5.41) is 0. The number of ether oxygens (including phenoxy) is 2. The van der Waals surface area contributed by atoms with Crippen molar-refractivity contribution in [3.63, 3.8) is 0 Å². The summed E-state index contributed by atoms with van der Waals surface area (Å²) in [5.74, 6) is -0.793. The Balaban J connectivity index is 3.54. The molecule has 1 atom stereocenters. The third-order valence-corrected chi connectivity index (χ3v) is 1.57. The Morgan fingerprint density at radius 2 is 1.86 bits per heavy atom. The van der Waals surface area contributed by atoms with Crippen LogP contribution in [0.3, 0.4) is 0 Å². The van der Waals surface area contributed by atoms with Crippen LogP contribution in [0.5, 0.6) is 0 Å². The van der Waals surface area contributed by atoms with Crippen LogP contribution in [0.2, 0.25) is 0 Å². The number of hydrogen-bond donors (Lipinski definition) is 0. The highest BCUT2D eigenvalue weighted by Gasteiger charge is 2.10. The molecule has 0 N–H and O–H groups in total. The van der Waals surface area contributed by atoms with E-state index in [4.69, 9.17) is 9.47 Å². The molecule has 0 aromatic carbocycles. The van der Waals surface area contributed by atoms with E-state index in [1.165, 1.54) is 0 Å². The Labute approximate surface area is 97.5 Å². The van der Waals surface area contributed by atoms with Gasteiger partial charge in [-0.25, -0.2) is 0 Å². The molecule has 14 heavy (non-hydrogen) atoms. The third-order valence-electron chi connectivity index (χ3n) is 1.32. The van der Waals surface area contributed by atoms with Crippen molar-refractivity contribution in [2.75, 3.05) is 6.61 Å². The highest BCUT2D eigenvalue weighted by Crippen LogP contribution is 2.03. The summed E-state index contributed by atoms with van der Waals surface area (Å²) in [7, 11) is 0. The second kappa shape index (κ2) is 7.03. The van der Waals surface area contributed by atoms with Crippen molar-refractivity contribution >= 4 is 34.5 Å². The van der Waals surface area contributed by atoms with E-state index in [0.29, 0.717) is 0 Å². The third kappa shape index (κ3) is 7.11. The molecule has 0 heterocycles. The fraction of sp³-hybridized carbons (Fsp3) is 0.778. The summed E-state index contributed by atoms with van der Waals surface area (Å²) in [6, 6.07) is 0. The molecule has 0 aromatic rings. The smallest absolute Gasteiger partial charge is 0.310 e. The van der Waals surface area contributed by atoms with Crippen LogP contribution in [0, 0.1) is 5.92 Å². The number of halogens is 1. The van der Waals surface area contributed by atoms with Crippen molar-refractivity contribution in [1.29, 1.82) is 0 Å². The molecule has 5 heteroatoms. The van der Waals surface area contributed by atoms with Crippen LogP contribution in [0.25, 0.3) is 0 Å². The van der Waals surface area contributed by atoms with Gasteiger partial charge in [-0.05, 0) is 29.5 Å². The van der Waals surface area contributed by atoms with Crippen LogP contribution in [-0.4, -0.2) is 22.7 Å². The van der Waals surface area contributed by atoms with E-state index in [1.54, 1.807) is 20.8 Å². The minimum absolute atomic E-state index is 0.0964. The maximum Gasteiger partial charge on any atom is 0.310 e. The topological polar surface area (TPSA) is 52.6 Å². The molecule has 0 rings (SSSR count). The lowest BCUT2D eigenvalue weighted by molar-refractivity contribution is -0.151. The predicted molar refractivity (Wildman–Crippen MR) is 60.0 cm³/mol. The zero-order valence-corrected chi connectivity index (χ0v) is 10.7. The lowest BCUT2D eigenvalue weighted by Gasteiger charge is -2.08. The first-order valence-electron chi connectivity index (χ1n) is 4.43. The molecule has 0 saturated carbocycles. The maximum atomic E-state index is 11.0. The van der Waals surface area contributed by atoms with Crippen molar-refractivity contribution in [1.82, 2.24) is 0 Å². The molecule has 0 saturated heterocycles. The fourth-order valence-electron chi connectivity index (χ4n) is 0.642. The molecule has 0 aliphatic carbocycles. The van der Waals surface area contributed by atoms with Crippen LogP contribution in [0.4, 0.5) is 0 Å². The number of carbonyl (C=O) groups is 2. The van der Waals surface area contributed by atoms with Crippen LogP contribution < -0.4 is 0 Å². The molecule has 0 aliphatic heterocycles. The SMILES string of the molecule is CC(I)OC(=O)CCOC(=O)C(C)C. The lowest BCUT2D eigenvalue weighted by atomic mass is 10.2. The summed E-state index contributed by atoms with van der Waals surface area (Å²) in [4.78, 5) is 22.0. The van der Waals surface area contributed by atoms with Crippen LogP contribution in [0.1, 0.15) is 27.2 Å². The number of esters is 2. The van der Waals surface area contributed by atoms with Gasteiger partial charge >= 0.3 is 11.9 Å². The van der Waals surface area contributed by atoms with Gasteiger partial charge in [0.1, 0.15) is 10.7 Å². The Kier molecular flexibility index (Phi) is 6.86. The van der Waals surface area contributed by atoms with Gasteiger partial charge in [0.2, 0.25) is 0 Å². The van der Waals surface area contributed by atoms with Gasteiger partial charge in [-0.3, -0.25) is 9.59 Å².